The zero-order valence-corrected chi connectivity index (χ0v) is 17.0. The zero-order valence-electron chi connectivity index (χ0n) is 17.0. The molecule has 0 saturated heterocycles. The van der Waals surface area contributed by atoms with Gasteiger partial charge in [0, 0.05) is 6.08 Å². The van der Waals surface area contributed by atoms with Gasteiger partial charge in [-0.25, -0.2) is 4.79 Å². The van der Waals surface area contributed by atoms with E-state index in [-0.39, 0.29) is 18.0 Å². The largest absolute Gasteiger partial charge is 0.467 e. The van der Waals surface area contributed by atoms with Gasteiger partial charge in [0.05, 0.1) is 24.1 Å². The average Bonchev–Trinajstić information content (AvgIpc) is 3.29. The summed E-state index contributed by atoms with van der Waals surface area (Å²) in [7, 11) is 0. The van der Waals surface area contributed by atoms with Gasteiger partial charge >= 0.3 is 5.97 Å². The maximum absolute atomic E-state index is 12.5. The Kier molecular flexibility index (Phi) is 7.37. The molecule has 0 atom stereocenters. The van der Waals surface area contributed by atoms with E-state index in [0.29, 0.717) is 11.4 Å². The van der Waals surface area contributed by atoms with Gasteiger partial charge in [-0.3, -0.25) is 9.59 Å². The highest BCUT2D eigenvalue weighted by molar-refractivity contribution is 6.04. The lowest BCUT2D eigenvalue weighted by Gasteiger charge is -2.11. The Balaban J connectivity index is 1.52. The number of aryl methyl sites for hydroxylation is 1. The van der Waals surface area contributed by atoms with Crippen LogP contribution in [0.15, 0.2) is 77.4 Å². The highest BCUT2D eigenvalue weighted by atomic mass is 16.5. The highest BCUT2D eigenvalue weighted by Gasteiger charge is 2.14. The van der Waals surface area contributed by atoms with Crippen LogP contribution in [-0.2, 0) is 20.9 Å². The third-order valence-corrected chi connectivity index (χ3v) is 4.25. The number of furan rings is 1. The molecule has 0 fully saturated rings. The SMILES string of the molecule is Cc1cccc(/C=C/C(=O)OCC(=O)Nc2ccccc2C(=O)NCc2ccco2)c1. The van der Waals surface area contributed by atoms with Crippen LogP contribution < -0.4 is 10.6 Å². The second-order valence-electron chi connectivity index (χ2n) is 6.71. The van der Waals surface area contributed by atoms with E-state index in [4.69, 9.17) is 9.15 Å². The predicted octanol–water partition coefficient (Wildman–Crippen LogP) is 3.71. The van der Waals surface area contributed by atoms with E-state index < -0.39 is 18.5 Å². The molecule has 0 spiro atoms. The number of benzene rings is 2. The van der Waals surface area contributed by atoms with Crippen LogP contribution in [0.3, 0.4) is 0 Å². The van der Waals surface area contributed by atoms with Crippen molar-refractivity contribution in [2.45, 2.75) is 13.5 Å². The van der Waals surface area contributed by atoms with Crippen molar-refractivity contribution in [3.8, 4) is 0 Å². The number of hydrogen-bond donors (Lipinski definition) is 2. The lowest BCUT2D eigenvalue weighted by atomic mass is 10.1. The molecule has 0 radical (unpaired) electrons. The van der Waals surface area contributed by atoms with Crippen LogP contribution in [0, 0.1) is 6.92 Å². The molecule has 1 heterocycles. The normalized spacial score (nSPS) is 10.6. The van der Waals surface area contributed by atoms with Crippen molar-refractivity contribution in [3.63, 3.8) is 0 Å². The first-order chi connectivity index (χ1) is 15.0. The van der Waals surface area contributed by atoms with Gasteiger partial charge in [-0.05, 0) is 42.8 Å². The second kappa shape index (κ2) is 10.6. The average molecular weight is 418 g/mol. The number of hydrogen-bond acceptors (Lipinski definition) is 5. The van der Waals surface area contributed by atoms with Crippen LogP contribution in [0.5, 0.6) is 0 Å². The molecule has 7 heteroatoms. The van der Waals surface area contributed by atoms with Crippen molar-refractivity contribution in [1.82, 2.24) is 5.32 Å². The fourth-order valence-electron chi connectivity index (χ4n) is 2.78. The Morgan fingerprint density at radius 1 is 1.03 bits per heavy atom. The number of amides is 2. The van der Waals surface area contributed by atoms with E-state index in [1.54, 1.807) is 42.5 Å². The van der Waals surface area contributed by atoms with Crippen molar-refractivity contribution >= 4 is 29.5 Å². The van der Waals surface area contributed by atoms with E-state index in [1.807, 2.05) is 31.2 Å². The molecular weight excluding hydrogens is 396 g/mol. The summed E-state index contributed by atoms with van der Waals surface area (Å²) >= 11 is 0. The Labute approximate surface area is 179 Å². The standard InChI is InChI=1S/C24H22N2O5/c1-17-6-4-7-18(14-17)11-12-23(28)31-16-22(27)26-21-10-3-2-9-20(21)24(29)25-15-19-8-5-13-30-19/h2-14H,15-16H2,1H3,(H,25,29)(H,26,27)/b12-11+. The van der Waals surface area contributed by atoms with Crippen molar-refractivity contribution < 1.29 is 23.5 Å². The summed E-state index contributed by atoms with van der Waals surface area (Å²) in [6, 6.07) is 17.7. The molecule has 0 bridgehead atoms. The molecular formula is C24H22N2O5. The monoisotopic (exact) mass is 418 g/mol. The number of carbonyl (C=O) groups is 3. The number of esters is 1. The van der Waals surface area contributed by atoms with Crippen molar-refractivity contribution in [1.29, 1.82) is 0 Å². The summed E-state index contributed by atoms with van der Waals surface area (Å²) in [6.07, 6.45) is 4.40. The van der Waals surface area contributed by atoms with Gasteiger partial charge in [0.15, 0.2) is 6.61 Å². The van der Waals surface area contributed by atoms with Gasteiger partial charge in [0.25, 0.3) is 11.8 Å². The molecule has 3 rings (SSSR count). The van der Waals surface area contributed by atoms with E-state index in [0.717, 1.165) is 11.1 Å². The number of rotatable bonds is 8. The van der Waals surface area contributed by atoms with E-state index in [9.17, 15) is 14.4 Å². The lowest BCUT2D eigenvalue weighted by molar-refractivity contribution is -0.142. The van der Waals surface area contributed by atoms with E-state index in [1.165, 1.54) is 12.3 Å². The summed E-state index contributed by atoms with van der Waals surface area (Å²) in [5.41, 5.74) is 2.53. The van der Waals surface area contributed by atoms with Gasteiger partial charge in [-0.2, -0.15) is 0 Å². The van der Waals surface area contributed by atoms with Crippen LogP contribution in [-0.4, -0.2) is 24.4 Å². The Hall–Kier alpha value is -4.13. The lowest BCUT2D eigenvalue weighted by Crippen LogP contribution is -2.26. The minimum Gasteiger partial charge on any atom is -0.467 e. The molecule has 0 aliphatic heterocycles. The summed E-state index contributed by atoms with van der Waals surface area (Å²) in [5, 5.41) is 5.32. The molecule has 7 nitrogen and oxygen atoms in total. The summed E-state index contributed by atoms with van der Waals surface area (Å²) < 4.78 is 10.2. The Morgan fingerprint density at radius 2 is 1.87 bits per heavy atom. The van der Waals surface area contributed by atoms with E-state index >= 15 is 0 Å². The molecule has 0 aliphatic carbocycles. The minimum absolute atomic E-state index is 0.221. The summed E-state index contributed by atoms with van der Waals surface area (Å²) in [4.78, 5) is 36.5. The molecule has 3 aromatic rings. The molecule has 158 valence electrons. The predicted molar refractivity (Wildman–Crippen MR) is 116 cm³/mol. The molecule has 0 aliphatic rings. The molecule has 0 saturated carbocycles. The fraction of sp³-hybridized carbons (Fsp3) is 0.125. The molecule has 1 aromatic heterocycles. The molecule has 0 unspecified atom stereocenters. The Morgan fingerprint density at radius 3 is 2.65 bits per heavy atom. The first kappa shape index (κ1) is 21.6. The Bertz CT molecular complexity index is 1090. The van der Waals surface area contributed by atoms with Crippen LogP contribution in [0.25, 0.3) is 6.08 Å². The first-order valence-corrected chi connectivity index (χ1v) is 9.62. The fourth-order valence-corrected chi connectivity index (χ4v) is 2.78. The van der Waals surface area contributed by atoms with Crippen LogP contribution in [0.4, 0.5) is 5.69 Å². The smallest absolute Gasteiger partial charge is 0.331 e. The maximum Gasteiger partial charge on any atom is 0.331 e. The minimum atomic E-state index is -0.638. The van der Waals surface area contributed by atoms with Crippen molar-refractivity contribution in [2.75, 3.05) is 11.9 Å². The van der Waals surface area contributed by atoms with E-state index in [2.05, 4.69) is 10.6 Å². The quantitative estimate of drug-likeness (QED) is 0.429. The molecule has 2 aromatic carbocycles. The summed E-state index contributed by atoms with van der Waals surface area (Å²) in [6.45, 7) is 1.70. The highest BCUT2D eigenvalue weighted by Crippen LogP contribution is 2.15. The van der Waals surface area contributed by atoms with Gasteiger partial charge in [0.1, 0.15) is 5.76 Å². The molecule has 31 heavy (non-hydrogen) atoms. The van der Waals surface area contributed by atoms with Gasteiger partial charge in [-0.15, -0.1) is 0 Å². The zero-order chi connectivity index (χ0) is 22.1. The van der Waals surface area contributed by atoms with Crippen LogP contribution in [0.2, 0.25) is 0 Å². The molecule has 2 N–H and O–H groups in total. The first-order valence-electron chi connectivity index (χ1n) is 9.62. The third-order valence-electron chi connectivity index (χ3n) is 4.25. The van der Waals surface area contributed by atoms with Gasteiger partial charge < -0.3 is 19.8 Å². The number of carbonyl (C=O) groups excluding carboxylic acids is 3. The number of para-hydroxylation sites is 1. The molecule has 2 amide bonds. The van der Waals surface area contributed by atoms with Crippen molar-refractivity contribution in [2.24, 2.45) is 0 Å². The van der Waals surface area contributed by atoms with Crippen molar-refractivity contribution in [3.05, 3.63) is 95.5 Å². The third kappa shape index (κ3) is 6.71. The van der Waals surface area contributed by atoms with Gasteiger partial charge in [0.2, 0.25) is 0 Å². The number of nitrogens with one attached hydrogen (secondary N) is 2. The maximum atomic E-state index is 12.5. The topological polar surface area (TPSA) is 97.6 Å². The van der Waals surface area contributed by atoms with Crippen LogP contribution in [0.1, 0.15) is 27.2 Å². The summed E-state index contributed by atoms with van der Waals surface area (Å²) in [5.74, 6) is -0.949. The van der Waals surface area contributed by atoms with Crippen LogP contribution >= 0.6 is 0 Å². The second-order valence-corrected chi connectivity index (χ2v) is 6.71. The number of ether oxygens (including phenoxy) is 1. The number of anilines is 1. The van der Waals surface area contributed by atoms with Gasteiger partial charge in [-0.1, -0.05) is 42.0 Å².